The SMILES string of the molecule is COCCS(=O)(=O)NOCc1ccccc1. The van der Waals surface area contributed by atoms with Crippen LogP contribution < -0.4 is 4.89 Å². The monoisotopic (exact) mass is 245 g/mol. The molecule has 0 radical (unpaired) electrons. The lowest BCUT2D eigenvalue weighted by Gasteiger charge is -2.06. The Morgan fingerprint density at radius 3 is 2.56 bits per heavy atom. The Kier molecular flexibility index (Phi) is 5.41. The zero-order valence-corrected chi connectivity index (χ0v) is 9.87. The molecule has 0 bridgehead atoms. The molecule has 0 aliphatic heterocycles. The average Bonchev–Trinajstić information content (AvgIpc) is 2.28. The first-order valence-corrected chi connectivity index (χ1v) is 6.43. The number of methoxy groups -OCH3 is 1. The van der Waals surface area contributed by atoms with Crippen LogP contribution in [0.25, 0.3) is 0 Å². The summed E-state index contributed by atoms with van der Waals surface area (Å²) < 4.78 is 27.2. The summed E-state index contributed by atoms with van der Waals surface area (Å²) in [5, 5.41) is 0. The molecule has 0 spiro atoms. The summed E-state index contributed by atoms with van der Waals surface area (Å²) in [6.07, 6.45) is 0. The standard InChI is InChI=1S/C10H15NO4S/c1-14-7-8-16(12,13)11-15-9-10-5-3-2-4-6-10/h2-6,11H,7-9H2,1H3. The van der Waals surface area contributed by atoms with Crippen LogP contribution in [0, 0.1) is 0 Å². The molecule has 90 valence electrons. The largest absolute Gasteiger partial charge is 0.384 e. The van der Waals surface area contributed by atoms with E-state index < -0.39 is 10.0 Å². The third kappa shape index (κ3) is 5.22. The lowest BCUT2D eigenvalue weighted by molar-refractivity contribution is 0.0789. The van der Waals surface area contributed by atoms with Gasteiger partial charge in [-0.3, -0.25) is 4.84 Å². The number of benzene rings is 1. The summed E-state index contributed by atoms with van der Waals surface area (Å²) in [4.78, 5) is 6.92. The fraction of sp³-hybridized carbons (Fsp3) is 0.400. The summed E-state index contributed by atoms with van der Waals surface area (Å²) in [5.74, 6) is -0.113. The van der Waals surface area contributed by atoms with Crippen LogP contribution in [-0.4, -0.2) is 27.9 Å². The van der Waals surface area contributed by atoms with Gasteiger partial charge in [0, 0.05) is 7.11 Å². The minimum absolute atomic E-state index is 0.113. The zero-order chi connectivity index (χ0) is 11.9. The number of sulfonamides is 1. The lowest BCUT2D eigenvalue weighted by Crippen LogP contribution is -2.28. The Morgan fingerprint density at radius 1 is 1.25 bits per heavy atom. The van der Waals surface area contributed by atoms with Crippen LogP contribution in [-0.2, 0) is 26.2 Å². The van der Waals surface area contributed by atoms with Gasteiger partial charge in [-0.15, -0.1) is 0 Å². The Labute approximate surface area is 95.4 Å². The Morgan fingerprint density at radius 2 is 1.94 bits per heavy atom. The fourth-order valence-corrected chi connectivity index (χ4v) is 1.72. The highest BCUT2D eigenvalue weighted by Gasteiger charge is 2.09. The van der Waals surface area contributed by atoms with Gasteiger partial charge in [-0.2, -0.15) is 0 Å². The van der Waals surface area contributed by atoms with E-state index in [1.165, 1.54) is 7.11 Å². The van der Waals surface area contributed by atoms with Crippen molar-refractivity contribution in [2.45, 2.75) is 6.61 Å². The number of hydrogen-bond donors (Lipinski definition) is 1. The maximum Gasteiger partial charge on any atom is 0.235 e. The molecule has 1 aromatic rings. The Bertz CT molecular complexity index is 391. The summed E-state index contributed by atoms with van der Waals surface area (Å²) in [7, 11) is -1.97. The second-order valence-electron chi connectivity index (χ2n) is 3.17. The van der Waals surface area contributed by atoms with Crippen molar-refractivity contribution in [2.24, 2.45) is 0 Å². The van der Waals surface area contributed by atoms with Crippen molar-refractivity contribution >= 4 is 10.0 Å². The molecule has 0 heterocycles. The van der Waals surface area contributed by atoms with E-state index in [2.05, 4.69) is 4.74 Å². The molecule has 0 amide bonds. The molecule has 0 saturated carbocycles. The van der Waals surface area contributed by atoms with Crippen molar-refractivity contribution in [1.82, 2.24) is 4.89 Å². The molecule has 0 aliphatic carbocycles. The predicted molar refractivity (Wildman–Crippen MR) is 60.0 cm³/mol. The van der Waals surface area contributed by atoms with Gasteiger partial charge >= 0.3 is 0 Å². The van der Waals surface area contributed by atoms with Crippen molar-refractivity contribution in [2.75, 3.05) is 19.5 Å². The number of rotatable bonds is 7. The molecular weight excluding hydrogens is 230 g/mol. The first-order valence-electron chi connectivity index (χ1n) is 4.78. The fourth-order valence-electron chi connectivity index (χ4n) is 1.01. The Balaban J connectivity index is 2.30. The zero-order valence-electron chi connectivity index (χ0n) is 9.05. The molecule has 0 aromatic heterocycles. The highest BCUT2D eigenvalue weighted by atomic mass is 32.2. The maximum atomic E-state index is 11.3. The summed E-state index contributed by atoms with van der Waals surface area (Å²) >= 11 is 0. The normalized spacial score (nSPS) is 11.6. The van der Waals surface area contributed by atoms with Crippen molar-refractivity contribution in [3.05, 3.63) is 35.9 Å². The molecule has 0 unspecified atom stereocenters. The van der Waals surface area contributed by atoms with Crippen LogP contribution in [0.3, 0.4) is 0 Å². The van der Waals surface area contributed by atoms with Gasteiger partial charge in [-0.1, -0.05) is 35.2 Å². The van der Waals surface area contributed by atoms with Gasteiger partial charge in [-0.25, -0.2) is 8.42 Å². The van der Waals surface area contributed by atoms with E-state index in [4.69, 9.17) is 4.84 Å². The average molecular weight is 245 g/mol. The van der Waals surface area contributed by atoms with E-state index in [0.717, 1.165) is 5.56 Å². The number of nitrogens with one attached hydrogen (secondary N) is 1. The number of ether oxygens (including phenoxy) is 1. The van der Waals surface area contributed by atoms with Gasteiger partial charge in [0.2, 0.25) is 10.0 Å². The highest BCUT2D eigenvalue weighted by Crippen LogP contribution is 1.99. The van der Waals surface area contributed by atoms with Crippen LogP contribution in [0.4, 0.5) is 0 Å². The van der Waals surface area contributed by atoms with Crippen molar-refractivity contribution < 1.29 is 18.0 Å². The van der Waals surface area contributed by atoms with E-state index >= 15 is 0 Å². The molecule has 1 rings (SSSR count). The van der Waals surface area contributed by atoms with Gasteiger partial charge in [0.05, 0.1) is 19.0 Å². The first-order chi connectivity index (χ1) is 7.64. The molecule has 1 N–H and O–H groups in total. The third-order valence-electron chi connectivity index (χ3n) is 1.82. The summed E-state index contributed by atoms with van der Waals surface area (Å²) in [6, 6.07) is 9.30. The summed E-state index contributed by atoms with van der Waals surface area (Å²) in [6.45, 7) is 0.344. The van der Waals surface area contributed by atoms with Crippen LogP contribution >= 0.6 is 0 Å². The van der Waals surface area contributed by atoms with Crippen LogP contribution in [0.2, 0.25) is 0 Å². The molecule has 0 atom stereocenters. The molecule has 0 saturated heterocycles. The highest BCUT2D eigenvalue weighted by molar-refractivity contribution is 7.89. The molecule has 0 aliphatic rings. The molecule has 1 aromatic carbocycles. The number of hydrogen-bond acceptors (Lipinski definition) is 4. The van der Waals surface area contributed by atoms with Crippen LogP contribution in [0.5, 0.6) is 0 Å². The van der Waals surface area contributed by atoms with Crippen molar-refractivity contribution in [3.63, 3.8) is 0 Å². The third-order valence-corrected chi connectivity index (χ3v) is 2.90. The van der Waals surface area contributed by atoms with E-state index in [1.54, 1.807) is 0 Å². The van der Waals surface area contributed by atoms with Crippen LogP contribution in [0.15, 0.2) is 30.3 Å². The second-order valence-corrected chi connectivity index (χ2v) is 4.97. The summed E-state index contributed by atoms with van der Waals surface area (Å²) in [5.41, 5.74) is 0.900. The van der Waals surface area contributed by atoms with Gasteiger partial charge in [0.25, 0.3) is 0 Å². The quantitative estimate of drug-likeness (QED) is 0.718. The molecule has 0 fully saturated rings. The van der Waals surface area contributed by atoms with Crippen molar-refractivity contribution in [1.29, 1.82) is 0 Å². The molecule has 16 heavy (non-hydrogen) atoms. The molecule has 6 heteroatoms. The maximum absolute atomic E-state index is 11.3. The van der Waals surface area contributed by atoms with E-state index in [-0.39, 0.29) is 19.0 Å². The first kappa shape index (κ1) is 13.1. The van der Waals surface area contributed by atoms with Gasteiger partial charge in [0.1, 0.15) is 0 Å². The minimum atomic E-state index is -3.41. The minimum Gasteiger partial charge on any atom is -0.384 e. The van der Waals surface area contributed by atoms with Crippen molar-refractivity contribution in [3.8, 4) is 0 Å². The Hall–Kier alpha value is -0.950. The molecule has 5 nitrogen and oxygen atoms in total. The lowest BCUT2D eigenvalue weighted by atomic mass is 10.2. The van der Waals surface area contributed by atoms with E-state index in [9.17, 15) is 8.42 Å². The topological polar surface area (TPSA) is 64.6 Å². The predicted octanol–water partition coefficient (Wildman–Crippen LogP) is 0.684. The van der Waals surface area contributed by atoms with Gasteiger partial charge in [0.15, 0.2) is 0 Å². The van der Waals surface area contributed by atoms with Gasteiger partial charge < -0.3 is 4.74 Å². The van der Waals surface area contributed by atoms with E-state index in [0.29, 0.717) is 0 Å². The second kappa shape index (κ2) is 6.59. The van der Waals surface area contributed by atoms with Crippen LogP contribution in [0.1, 0.15) is 5.56 Å². The molecular formula is C10H15NO4S. The smallest absolute Gasteiger partial charge is 0.235 e. The van der Waals surface area contributed by atoms with E-state index in [1.807, 2.05) is 35.2 Å². The van der Waals surface area contributed by atoms with Gasteiger partial charge in [-0.05, 0) is 5.56 Å².